The molecule has 1 N–H and O–H groups in total. The number of nitriles is 1. The van der Waals surface area contributed by atoms with E-state index < -0.39 is 5.54 Å². The summed E-state index contributed by atoms with van der Waals surface area (Å²) in [5, 5.41) is 12.7. The van der Waals surface area contributed by atoms with Gasteiger partial charge in [-0.05, 0) is 63.6 Å². The molecular weight excluding hydrogens is 386 g/mol. The van der Waals surface area contributed by atoms with E-state index in [0.29, 0.717) is 5.92 Å². The Kier molecular flexibility index (Phi) is 7.89. The quantitative estimate of drug-likeness (QED) is 0.655. The van der Waals surface area contributed by atoms with E-state index in [2.05, 4.69) is 42.3 Å². The fourth-order valence-electron chi connectivity index (χ4n) is 4.99. The summed E-state index contributed by atoms with van der Waals surface area (Å²) in [5.41, 5.74) is 1.37. The first kappa shape index (κ1) is 23.5. The number of hydrogen-bond donors (Lipinski definition) is 1. The van der Waals surface area contributed by atoms with Gasteiger partial charge in [0.1, 0.15) is 5.54 Å². The molecule has 1 aromatic carbocycles. The van der Waals surface area contributed by atoms with Crippen LogP contribution in [0, 0.1) is 23.2 Å². The maximum absolute atomic E-state index is 13.0. The number of piperidine rings is 1. The molecule has 1 aliphatic carbocycles. The SMILES string of the molecule is CC(C)Cc1ccc(C(=O)C2CCN(C(C)C(=O)NC3(C#N)CCCCC3)CC2)cc1. The zero-order valence-corrected chi connectivity index (χ0v) is 19.3. The molecule has 1 amide bonds. The average Bonchev–Trinajstić information content (AvgIpc) is 2.79. The predicted molar refractivity (Wildman–Crippen MR) is 123 cm³/mol. The number of rotatable bonds is 7. The number of carbonyl (C=O) groups excluding carboxylic acids is 2. The van der Waals surface area contributed by atoms with Gasteiger partial charge in [0.05, 0.1) is 12.1 Å². The van der Waals surface area contributed by atoms with E-state index in [1.54, 1.807) is 0 Å². The number of benzene rings is 1. The van der Waals surface area contributed by atoms with Crippen molar-refractivity contribution in [1.82, 2.24) is 10.2 Å². The summed E-state index contributed by atoms with van der Waals surface area (Å²) in [5.74, 6) is 0.782. The van der Waals surface area contributed by atoms with Crippen LogP contribution < -0.4 is 5.32 Å². The largest absolute Gasteiger partial charge is 0.336 e. The second-order valence-electron chi connectivity index (χ2n) is 9.89. The lowest BCUT2D eigenvalue weighted by molar-refractivity contribution is -0.128. The van der Waals surface area contributed by atoms with Crippen LogP contribution in [-0.2, 0) is 11.2 Å². The fourth-order valence-corrected chi connectivity index (χ4v) is 4.99. The number of Topliss-reactive ketones (excluding diaryl/α,β-unsaturated/α-hetero) is 1. The van der Waals surface area contributed by atoms with Gasteiger partial charge in [-0.15, -0.1) is 0 Å². The van der Waals surface area contributed by atoms with E-state index in [1.807, 2.05) is 19.1 Å². The van der Waals surface area contributed by atoms with Crippen LogP contribution in [0.25, 0.3) is 0 Å². The van der Waals surface area contributed by atoms with Gasteiger partial charge in [0.25, 0.3) is 0 Å². The lowest BCUT2D eigenvalue weighted by atomic mass is 9.82. The second kappa shape index (κ2) is 10.4. The number of nitrogens with one attached hydrogen (secondary N) is 1. The first-order chi connectivity index (χ1) is 14.8. The molecule has 5 heteroatoms. The molecule has 1 unspecified atom stereocenters. The minimum atomic E-state index is -0.695. The Bertz CT molecular complexity index is 795. The van der Waals surface area contributed by atoms with E-state index in [4.69, 9.17) is 0 Å². The summed E-state index contributed by atoms with van der Waals surface area (Å²) in [4.78, 5) is 28.0. The van der Waals surface area contributed by atoms with Gasteiger partial charge in [-0.3, -0.25) is 14.5 Å². The first-order valence-corrected chi connectivity index (χ1v) is 11.9. The number of ketones is 1. The van der Waals surface area contributed by atoms with E-state index >= 15 is 0 Å². The maximum Gasteiger partial charge on any atom is 0.238 e. The summed E-state index contributed by atoms with van der Waals surface area (Å²) >= 11 is 0. The third-order valence-corrected chi connectivity index (χ3v) is 6.99. The molecule has 1 heterocycles. The zero-order valence-electron chi connectivity index (χ0n) is 19.3. The second-order valence-corrected chi connectivity index (χ2v) is 9.89. The molecule has 1 atom stereocenters. The highest BCUT2D eigenvalue weighted by Crippen LogP contribution is 2.28. The Morgan fingerprint density at radius 1 is 1.10 bits per heavy atom. The number of amides is 1. The summed E-state index contributed by atoms with van der Waals surface area (Å²) in [6.07, 6.45) is 7.18. The van der Waals surface area contributed by atoms with Crippen molar-refractivity contribution < 1.29 is 9.59 Å². The van der Waals surface area contributed by atoms with Crippen LogP contribution >= 0.6 is 0 Å². The highest BCUT2D eigenvalue weighted by atomic mass is 16.2. The molecule has 0 bridgehead atoms. The normalized spacial score (nSPS) is 20.7. The van der Waals surface area contributed by atoms with Crippen LogP contribution in [0.4, 0.5) is 0 Å². The lowest BCUT2D eigenvalue weighted by Crippen LogP contribution is -2.56. The van der Waals surface area contributed by atoms with E-state index in [9.17, 15) is 14.9 Å². The van der Waals surface area contributed by atoms with Gasteiger partial charge in [0.2, 0.25) is 5.91 Å². The third kappa shape index (κ3) is 5.95. The minimum Gasteiger partial charge on any atom is -0.336 e. The van der Waals surface area contributed by atoms with Gasteiger partial charge in [-0.1, -0.05) is 57.4 Å². The van der Waals surface area contributed by atoms with Gasteiger partial charge in [0, 0.05) is 11.5 Å². The molecule has 3 rings (SSSR count). The molecule has 1 saturated carbocycles. The summed E-state index contributed by atoms with van der Waals surface area (Å²) in [7, 11) is 0. The van der Waals surface area contributed by atoms with Crippen molar-refractivity contribution in [2.45, 2.75) is 83.7 Å². The van der Waals surface area contributed by atoms with Crippen LogP contribution in [0.5, 0.6) is 0 Å². The van der Waals surface area contributed by atoms with Crippen molar-refractivity contribution in [3.05, 3.63) is 35.4 Å². The van der Waals surface area contributed by atoms with Gasteiger partial charge in [0.15, 0.2) is 5.78 Å². The van der Waals surface area contributed by atoms with Crippen molar-refractivity contribution >= 4 is 11.7 Å². The molecule has 1 aromatic rings. The van der Waals surface area contributed by atoms with Crippen LogP contribution in [0.15, 0.2) is 24.3 Å². The molecule has 168 valence electrons. The van der Waals surface area contributed by atoms with Crippen molar-refractivity contribution in [3.63, 3.8) is 0 Å². The average molecular weight is 424 g/mol. The number of carbonyl (C=O) groups is 2. The van der Waals surface area contributed by atoms with Crippen LogP contribution in [-0.4, -0.2) is 41.3 Å². The Balaban J connectivity index is 1.52. The van der Waals surface area contributed by atoms with Crippen molar-refractivity contribution in [1.29, 1.82) is 5.26 Å². The molecule has 5 nitrogen and oxygen atoms in total. The van der Waals surface area contributed by atoms with Crippen molar-refractivity contribution in [2.75, 3.05) is 13.1 Å². The summed E-state index contributed by atoms with van der Waals surface area (Å²) in [6.45, 7) is 7.78. The Morgan fingerprint density at radius 2 is 1.71 bits per heavy atom. The zero-order chi connectivity index (χ0) is 22.4. The molecule has 31 heavy (non-hydrogen) atoms. The highest BCUT2D eigenvalue weighted by Gasteiger charge is 2.37. The molecule has 0 radical (unpaired) electrons. The highest BCUT2D eigenvalue weighted by molar-refractivity contribution is 5.98. The van der Waals surface area contributed by atoms with Gasteiger partial charge in [-0.25, -0.2) is 0 Å². The molecule has 2 aliphatic rings. The van der Waals surface area contributed by atoms with Crippen LogP contribution in [0.2, 0.25) is 0 Å². The minimum absolute atomic E-state index is 0.0197. The molecule has 2 fully saturated rings. The van der Waals surface area contributed by atoms with E-state index in [-0.39, 0.29) is 23.7 Å². The van der Waals surface area contributed by atoms with Crippen LogP contribution in [0.1, 0.15) is 81.6 Å². The van der Waals surface area contributed by atoms with Gasteiger partial charge < -0.3 is 5.32 Å². The van der Waals surface area contributed by atoms with Crippen molar-refractivity contribution in [2.24, 2.45) is 11.8 Å². The van der Waals surface area contributed by atoms with E-state index in [1.165, 1.54) is 5.56 Å². The topological polar surface area (TPSA) is 73.2 Å². The Labute approximate surface area is 187 Å². The number of likely N-dealkylation sites (tertiary alicyclic amines) is 1. The number of nitrogens with zero attached hydrogens (tertiary/aromatic N) is 2. The monoisotopic (exact) mass is 423 g/mol. The molecule has 0 aromatic heterocycles. The fraction of sp³-hybridized carbons (Fsp3) is 0.654. The van der Waals surface area contributed by atoms with Crippen LogP contribution in [0.3, 0.4) is 0 Å². The molecule has 1 aliphatic heterocycles. The molecular formula is C26H37N3O2. The van der Waals surface area contributed by atoms with E-state index in [0.717, 1.165) is 70.0 Å². The maximum atomic E-state index is 13.0. The van der Waals surface area contributed by atoms with Gasteiger partial charge in [-0.2, -0.15) is 5.26 Å². The van der Waals surface area contributed by atoms with Gasteiger partial charge >= 0.3 is 0 Å². The first-order valence-electron chi connectivity index (χ1n) is 11.9. The summed E-state index contributed by atoms with van der Waals surface area (Å²) in [6, 6.07) is 10.2. The van der Waals surface area contributed by atoms with Crippen molar-refractivity contribution in [3.8, 4) is 6.07 Å². The standard InChI is InChI=1S/C26H37N3O2/c1-19(2)17-21-7-9-22(10-8-21)24(30)23-11-15-29(16-12-23)20(3)25(31)28-26(18-27)13-5-4-6-14-26/h7-10,19-20,23H,4-6,11-17H2,1-3H3,(H,28,31). The smallest absolute Gasteiger partial charge is 0.238 e. The molecule has 0 spiro atoms. The third-order valence-electron chi connectivity index (χ3n) is 6.99. The Hall–Kier alpha value is -2.19. The number of hydrogen-bond acceptors (Lipinski definition) is 4. The molecule has 1 saturated heterocycles. The summed E-state index contributed by atoms with van der Waals surface area (Å²) < 4.78 is 0. The lowest BCUT2D eigenvalue weighted by Gasteiger charge is -2.37. The Morgan fingerprint density at radius 3 is 2.26 bits per heavy atom. The predicted octanol–water partition coefficient (Wildman–Crippen LogP) is 4.51.